The van der Waals surface area contributed by atoms with Gasteiger partial charge in [0, 0.05) is 5.39 Å². The third kappa shape index (κ3) is 5.68. The number of aliphatic carboxylic acids is 1. The van der Waals surface area contributed by atoms with Crippen molar-refractivity contribution in [3.63, 3.8) is 0 Å². The fourth-order valence-electron chi connectivity index (χ4n) is 2.93. The zero-order valence-electron chi connectivity index (χ0n) is 17.1. The standard InChI is InChI=1S/C21H23NO9/c1-20(2)29-11-21(12-30-20,10-28-17(25)8-7-16(23)24)22-18(26)14-9-13-5-3-4-6-15(13)31-19(14)27/h3-6,9H,7-8,10-12H2,1-2H3,(H,22,26)(H,23,24). The molecule has 2 N–H and O–H groups in total. The lowest BCUT2D eigenvalue weighted by Gasteiger charge is -2.43. The molecule has 0 atom stereocenters. The monoisotopic (exact) mass is 433 g/mol. The molecular weight excluding hydrogens is 410 g/mol. The Bertz CT molecular complexity index is 1050. The molecule has 0 unspecified atom stereocenters. The highest BCUT2D eigenvalue weighted by Crippen LogP contribution is 2.24. The van der Waals surface area contributed by atoms with Crippen molar-refractivity contribution >= 4 is 28.8 Å². The van der Waals surface area contributed by atoms with Gasteiger partial charge < -0.3 is 29.1 Å². The summed E-state index contributed by atoms with van der Waals surface area (Å²) < 4.78 is 21.6. The lowest BCUT2D eigenvalue weighted by Crippen LogP contribution is -2.64. The number of para-hydroxylation sites is 1. The molecule has 1 saturated heterocycles. The van der Waals surface area contributed by atoms with Gasteiger partial charge in [-0.1, -0.05) is 18.2 Å². The zero-order chi connectivity index (χ0) is 22.6. The van der Waals surface area contributed by atoms with Gasteiger partial charge in [-0.05, 0) is 26.0 Å². The predicted molar refractivity (Wildman–Crippen MR) is 106 cm³/mol. The van der Waals surface area contributed by atoms with Crippen molar-refractivity contribution in [2.45, 2.75) is 38.0 Å². The summed E-state index contributed by atoms with van der Waals surface area (Å²) in [7, 11) is 0. The maximum absolute atomic E-state index is 12.9. The summed E-state index contributed by atoms with van der Waals surface area (Å²) in [5.41, 5.74) is -1.97. The van der Waals surface area contributed by atoms with E-state index in [2.05, 4.69) is 5.32 Å². The first-order valence-electron chi connectivity index (χ1n) is 9.60. The normalized spacial score (nSPS) is 17.1. The first-order chi connectivity index (χ1) is 14.6. The van der Waals surface area contributed by atoms with Crippen molar-refractivity contribution in [3.05, 3.63) is 46.3 Å². The number of hydrogen-bond acceptors (Lipinski definition) is 8. The SMILES string of the molecule is CC1(C)OCC(COC(=O)CCC(=O)O)(NC(=O)c2cc3ccccc3oc2=O)CO1. The number of rotatable bonds is 7. The van der Waals surface area contributed by atoms with E-state index in [-0.39, 0.29) is 38.2 Å². The summed E-state index contributed by atoms with van der Waals surface area (Å²) in [5.74, 6) is -3.53. The van der Waals surface area contributed by atoms with E-state index in [4.69, 9.17) is 23.7 Å². The van der Waals surface area contributed by atoms with E-state index in [9.17, 15) is 19.2 Å². The second-order valence-electron chi connectivity index (χ2n) is 7.75. The average molecular weight is 433 g/mol. The molecule has 0 spiro atoms. The summed E-state index contributed by atoms with van der Waals surface area (Å²) in [6.45, 7) is 2.94. The van der Waals surface area contributed by atoms with Crippen LogP contribution in [0.5, 0.6) is 0 Å². The van der Waals surface area contributed by atoms with Crippen LogP contribution in [-0.2, 0) is 23.8 Å². The first kappa shape index (κ1) is 22.4. The molecule has 10 nitrogen and oxygen atoms in total. The van der Waals surface area contributed by atoms with Gasteiger partial charge >= 0.3 is 17.6 Å². The molecule has 1 aromatic heterocycles. The number of carboxylic acids is 1. The number of carboxylic acid groups (broad SMARTS) is 1. The van der Waals surface area contributed by atoms with E-state index in [0.717, 1.165) is 0 Å². The number of fused-ring (bicyclic) bond motifs is 1. The summed E-state index contributed by atoms with van der Waals surface area (Å²) in [4.78, 5) is 47.7. The van der Waals surface area contributed by atoms with Crippen molar-refractivity contribution < 1.29 is 38.1 Å². The minimum absolute atomic E-state index is 0.0587. The zero-order valence-corrected chi connectivity index (χ0v) is 17.1. The van der Waals surface area contributed by atoms with Gasteiger partial charge in [0.15, 0.2) is 5.79 Å². The summed E-state index contributed by atoms with van der Waals surface area (Å²) in [5, 5.41) is 11.9. The Kier molecular flexibility index (Phi) is 6.42. The van der Waals surface area contributed by atoms with Crippen LogP contribution in [0.4, 0.5) is 0 Å². The molecule has 2 aromatic rings. The van der Waals surface area contributed by atoms with Gasteiger partial charge in [-0.15, -0.1) is 0 Å². The third-order valence-corrected chi connectivity index (χ3v) is 4.71. The van der Waals surface area contributed by atoms with Crippen LogP contribution >= 0.6 is 0 Å². The van der Waals surface area contributed by atoms with E-state index >= 15 is 0 Å². The van der Waals surface area contributed by atoms with Crippen LogP contribution in [0.1, 0.15) is 37.0 Å². The highest BCUT2D eigenvalue weighted by molar-refractivity contribution is 5.97. The third-order valence-electron chi connectivity index (χ3n) is 4.71. The number of benzene rings is 1. The Hall–Kier alpha value is -3.24. The molecule has 1 aliphatic rings. The van der Waals surface area contributed by atoms with E-state index in [1.165, 1.54) is 6.07 Å². The maximum atomic E-state index is 12.9. The Labute approximate surface area is 177 Å². The summed E-state index contributed by atoms with van der Waals surface area (Å²) >= 11 is 0. The van der Waals surface area contributed by atoms with Crippen LogP contribution in [0.25, 0.3) is 11.0 Å². The largest absolute Gasteiger partial charge is 0.481 e. The highest BCUT2D eigenvalue weighted by Gasteiger charge is 2.43. The molecule has 3 rings (SSSR count). The Balaban J connectivity index is 1.79. The Morgan fingerprint density at radius 1 is 1.13 bits per heavy atom. The molecule has 166 valence electrons. The molecular formula is C21H23NO9. The quantitative estimate of drug-likeness (QED) is 0.490. The molecule has 1 fully saturated rings. The van der Waals surface area contributed by atoms with Crippen molar-refractivity contribution in [1.82, 2.24) is 5.32 Å². The van der Waals surface area contributed by atoms with Crippen molar-refractivity contribution in [2.24, 2.45) is 0 Å². The Morgan fingerprint density at radius 3 is 2.48 bits per heavy atom. The molecule has 1 amide bonds. The number of carbonyl (C=O) groups is 3. The van der Waals surface area contributed by atoms with Crippen molar-refractivity contribution in [1.29, 1.82) is 0 Å². The topological polar surface area (TPSA) is 141 Å². The fraction of sp³-hybridized carbons (Fsp3) is 0.429. The maximum Gasteiger partial charge on any atom is 0.349 e. The minimum Gasteiger partial charge on any atom is -0.481 e. The smallest absolute Gasteiger partial charge is 0.349 e. The number of nitrogens with one attached hydrogen (secondary N) is 1. The number of amides is 1. The predicted octanol–water partition coefficient (Wildman–Crippen LogP) is 1.45. The highest BCUT2D eigenvalue weighted by atomic mass is 16.7. The molecule has 2 heterocycles. The molecule has 0 radical (unpaired) electrons. The minimum atomic E-state index is -1.27. The number of ether oxygens (including phenoxy) is 3. The molecule has 0 saturated carbocycles. The van der Waals surface area contributed by atoms with E-state index in [0.29, 0.717) is 11.0 Å². The van der Waals surface area contributed by atoms with Crippen LogP contribution < -0.4 is 10.9 Å². The van der Waals surface area contributed by atoms with Gasteiger partial charge in [0.1, 0.15) is 23.3 Å². The van der Waals surface area contributed by atoms with Crippen molar-refractivity contribution in [2.75, 3.05) is 19.8 Å². The van der Waals surface area contributed by atoms with Crippen LogP contribution in [0.3, 0.4) is 0 Å². The second kappa shape index (κ2) is 8.86. The van der Waals surface area contributed by atoms with Crippen LogP contribution in [-0.4, -0.2) is 54.1 Å². The van der Waals surface area contributed by atoms with E-state index < -0.39 is 34.8 Å². The van der Waals surface area contributed by atoms with E-state index in [1.54, 1.807) is 38.1 Å². The van der Waals surface area contributed by atoms with Crippen LogP contribution in [0.15, 0.2) is 39.5 Å². The fourth-order valence-corrected chi connectivity index (χ4v) is 2.93. The summed E-state index contributed by atoms with van der Waals surface area (Å²) in [6.07, 6.45) is -0.697. The van der Waals surface area contributed by atoms with Gasteiger partial charge in [0.05, 0.1) is 26.1 Å². The van der Waals surface area contributed by atoms with Crippen LogP contribution in [0, 0.1) is 0 Å². The Morgan fingerprint density at radius 2 is 1.81 bits per heavy atom. The molecule has 1 aromatic carbocycles. The van der Waals surface area contributed by atoms with Gasteiger partial charge in [0.25, 0.3) is 5.91 Å². The second-order valence-corrected chi connectivity index (χ2v) is 7.75. The lowest BCUT2D eigenvalue weighted by molar-refractivity contribution is -0.274. The van der Waals surface area contributed by atoms with Crippen molar-refractivity contribution in [3.8, 4) is 0 Å². The van der Waals surface area contributed by atoms with Gasteiger partial charge in [-0.25, -0.2) is 4.79 Å². The molecule has 0 bridgehead atoms. The lowest BCUT2D eigenvalue weighted by atomic mass is 10.0. The van der Waals surface area contributed by atoms with E-state index in [1.807, 2.05) is 0 Å². The van der Waals surface area contributed by atoms with Gasteiger partial charge in [-0.3, -0.25) is 14.4 Å². The number of carbonyl (C=O) groups excluding carboxylic acids is 2. The first-order valence-corrected chi connectivity index (χ1v) is 9.60. The molecule has 0 aliphatic carbocycles. The molecule has 1 aliphatic heterocycles. The van der Waals surface area contributed by atoms with Crippen LogP contribution in [0.2, 0.25) is 0 Å². The summed E-state index contributed by atoms with van der Waals surface area (Å²) in [6, 6.07) is 8.17. The number of esters is 1. The molecule has 10 heteroatoms. The molecule has 31 heavy (non-hydrogen) atoms. The van der Waals surface area contributed by atoms with Gasteiger partial charge in [0.2, 0.25) is 0 Å². The van der Waals surface area contributed by atoms with Gasteiger partial charge in [-0.2, -0.15) is 0 Å². The number of hydrogen-bond donors (Lipinski definition) is 2. The average Bonchev–Trinajstić information content (AvgIpc) is 2.72.